The van der Waals surface area contributed by atoms with Crippen LogP contribution in [0.25, 0.3) is 11.3 Å². The molecule has 1 saturated carbocycles. The van der Waals surface area contributed by atoms with Gasteiger partial charge in [0, 0.05) is 43.6 Å². The highest BCUT2D eigenvalue weighted by Gasteiger charge is 2.26. The molecular weight excluding hydrogens is 457 g/mol. The number of ether oxygens (including phenoxy) is 2. The Kier molecular flexibility index (Phi) is 7.79. The van der Waals surface area contributed by atoms with Crippen LogP contribution >= 0.6 is 11.6 Å². The molecule has 0 bridgehead atoms. The summed E-state index contributed by atoms with van der Waals surface area (Å²) in [5.41, 5.74) is 1.37. The van der Waals surface area contributed by atoms with E-state index in [0.29, 0.717) is 41.3 Å². The maximum Gasteiger partial charge on any atom is 0.165 e. The van der Waals surface area contributed by atoms with Crippen LogP contribution in [0.5, 0.6) is 0 Å². The van der Waals surface area contributed by atoms with E-state index < -0.39 is 0 Å². The number of rotatable bonds is 8. The minimum atomic E-state index is -0.363. The highest BCUT2D eigenvalue weighted by Crippen LogP contribution is 2.31. The van der Waals surface area contributed by atoms with Gasteiger partial charge in [-0.05, 0) is 62.6 Å². The first kappa shape index (κ1) is 23.7. The van der Waals surface area contributed by atoms with Gasteiger partial charge >= 0.3 is 0 Å². The fourth-order valence-electron chi connectivity index (χ4n) is 4.90. The van der Waals surface area contributed by atoms with Crippen molar-refractivity contribution in [2.24, 2.45) is 5.92 Å². The molecule has 0 unspecified atom stereocenters. The molecule has 2 aliphatic heterocycles. The standard InChI is InChI=1S/C25H33ClFN5O2/c26-21-13-28-24(31-18-3-1-17(2-4-18)30-19-14-34-15-19)11-20(21)23-6-5-22(27)25(32-23)29-12-16-7-9-33-10-8-16/h5-6,11,13,16-19,30H,1-4,7-10,12,14-15H2,(H,28,31)(H,29,32)/t17-,18-. The molecule has 1 aliphatic carbocycles. The number of anilines is 2. The fraction of sp³-hybridized carbons (Fsp3) is 0.600. The number of nitrogens with zero attached hydrogens (tertiary/aromatic N) is 2. The Morgan fingerprint density at radius 3 is 2.47 bits per heavy atom. The predicted octanol–water partition coefficient (Wildman–Crippen LogP) is 4.49. The SMILES string of the molecule is Fc1ccc(-c2cc(N[C@H]3CC[C@H](NC4COC4)CC3)ncc2Cl)nc1NCC1CCOCC1. The second-order valence-electron chi connectivity index (χ2n) is 9.61. The van der Waals surface area contributed by atoms with Crippen molar-refractivity contribution in [3.05, 3.63) is 35.2 Å². The maximum absolute atomic E-state index is 14.4. The number of halogens is 2. The Bertz CT molecular complexity index is 962. The summed E-state index contributed by atoms with van der Waals surface area (Å²) in [6.45, 7) is 3.87. The van der Waals surface area contributed by atoms with Crippen molar-refractivity contribution >= 4 is 23.2 Å². The summed E-state index contributed by atoms with van der Waals surface area (Å²) in [5.74, 6) is 1.13. The topological polar surface area (TPSA) is 80.3 Å². The predicted molar refractivity (Wildman–Crippen MR) is 132 cm³/mol. The van der Waals surface area contributed by atoms with Crippen molar-refractivity contribution in [3.63, 3.8) is 0 Å². The van der Waals surface area contributed by atoms with Crippen LogP contribution in [-0.2, 0) is 9.47 Å². The van der Waals surface area contributed by atoms with Crippen LogP contribution in [-0.4, -0.2) is 61.1 Å². The Morgan fingerprint density at radius 2 is 1.74 bits per heavy atom. The van der Waals surface area contributed by atoms with E-state index in [1.807, 2.05) is 6.07 Å². The second-order valence-corrected chi connectivity index (χ2v) is 10.0. The number of pyridine rings is 2. The lowest BCUT2D eigenvalue weighted by Crippen LogP contribution is -2.51. The molecular formula is C25H33ClFN5O2. The lowest BCUT2D eigenvalue weighted by atomic mass is 9.90. The molecule has 3 aliphatic rings. The van der Waals surface area contributed by atoms with Crippen LogP contribution < -0.4 is 16.0 Å². The minimum Gasteiger partial charge on any atom is -0.381 e. The molecule has 0 radical (unpaired) electrons. The van der Waals surface area contributed by atoms with Gasteiger partial charge in [-0.2, -0.15) is 0 Å². The Balaban J connectivity index is 1.21. The molecule has 0 atom stereocenters. The van der Waals surface area contributed by atoms with Crippen molar-refractivity contribution in [2.75, 3.05) is 43.6 Å². The summed E-state index contributed by atoms with van der Waals surface area (Å²) >= 11 is 6.47. The van der Waals surface area contributed by atoms with E-state index in [1.165, 1.54) is 6.07 Å². The summed E-state index contributed by atoms with van der Waals surface area (Å²) < 4.78 is 25.1. The van der Waals surface area contributed by atoms with E-state index in [4.69, 9.17) is 21.1 Å². The zero-order chi connectivity index (χ0) is 23.3. The van der Waals surface area contributed by atoms with E-state index in [9.17, 15) is 4.39 Å². The van der Waals surface area contributed by atoms with E-state index in [1.54, 1.807) is 12.3 Å². The van der Waals surface area contributed by atoms with Crippen LogP contribution in [0.4, 0.5) is 16.0 Å². The summed E-state index contributed by atoms with van der Waals surface area (Å²) in [4.78, 5) is 9.03. The highest BCUT2D eigenvalue weighted by atomic mass is 35.5. The van der Waals surface area contributed by atoms with Crippen LogP contribution in [0.2, 0.25) is 5.02 Å². The van der Waals surface area contributed by atoms with Crippen molar-refractivity contribution in [3.8, 4) is 11.3 Å². The highest BCUT2D eigenvalue weighted by molar-refractivity contribution is 6.33. The van der Waals surface area contributed by atoms with Crippen molar-refractivity contribution < 1.29 is 13.9 Å². The maximum atomic E-state index is 14.4. The van der Waals surface area contributed by atoms with Gasteiger partial charge in [0.1, 0.15) is 5.82 Å². The third-order valence-electron chi connectivity index (χ3n) is 7.07. The van der Waals surface area contributed by atoms with Gasteiger partial charge in [-0.3, -0.25) is 0 Å². The molecule has 3 fully saturated rings. The lowest BCUT2D eigenvalue weighted by molar-refractivity contribution is -0.0120. The molecule has 34 heavy (non-hydrogen) atoms. The molecule has 0 aromatic carbocycles. The van der Waals surface area contributed by atoms with Crippen molar-refractivity contribution in [1.82, 2.24) is 15.3 Å². The average molecular weight is 490 g/mol. The Morgan fingerprint density at radius 1 is 0.971 bits per heavy atom. The van der Waals surface area contributed by atoms with Gasteiger partial charge in [0.25, 0.3) is 0 Å². The third kappa shape index (κ3) is 5.97. The molecule has 0 amide bonds. The van der Waals surface area contributed by atoms with E-state index in [0.717, 1.165) is 76.3 Å². The number of aromatic nitrogens is 2. The lowest BCUT2D eigenvalue weighted by Gasteiger charge is -2.35. The summed E-state index contributed by atoms with van der Waals surface area (Å²) in [7, 11) is 0. The summed E-state index contributed by atoms with van der Waals surface area (Å²) in [6.07, 6.45) is 8.04. The molecule has 2 aromatic heterocycles. The zero-order valence-corrected chi connectivity index (χ0v) is 20.1. The van der Waals surface area contributed by atoms with Crippen LogP contribution in [0.15, 0.2) is 24.4 Å². The first-order valence-corrected chi connectivity index (χ1v) is 12.8. The quantitative estimate of drug-likeness (QED) is 0.504. The molecule has 2 saturated heterocycles. The fourth-order valence-corrected chi connectivity index (χ4v) is 5.10. The number of nitrogens with one attached hydrogen (secondary N) is 3. The van der Waals surface area contributed by atoms with Gasteiger partial charge in [-0.1, -0.05) is 11.6 Å². The monoisotopic (exact) mass is 489 g/mol. The normalized spacial score (nSPS) is 23.9. The average Bonchev–Trinajstić information content (AvgIpc) is 2.84. The molecule has 4 heterocycles. The van der Waals surface area contributed by atoms with E-state index >= 15 is 0 Å². The van der Waals surface area contributed by atoms with Crippen LogP contribution in [0.3, 0.4) is 0 Å². The molecule has 7 nitrogen and oxygen atoms in total. The largest absolute Gasteiger partial charge is 0.381 e. The zero-order valence-electron chi connectivity index (χ0n) is 19.4. The molecule has 3 N–H and O–H groups in total. The molecule has 184 valence electrons. The second kappa shape index (κ2) is 11.2. The van der Waals surface area contributed by atoms with Crippen molar-refractivity contribution in [1.29, 1.82) is 0 Å². The van der Waals surface area contributed by atoms with Gasteiger partial charge in [0.15, 0.2) is 11.6 Å². The van der Waals surface area contributed by atoms with Gasteiger partial charge in [0.2, 0.25) is 0 Å². The Hall–Kier alpha value is -2.00. The number of hydrogen-bond acceptors (Lipinski definition) is 7. The first-order valence-electron chi connectivity index (χ1n) is 12.4. The molecule has 2 aromatic rings. The molecule has 5 rings (SSSR count). The third-order valence-corrected chi connectivity index (χ3v) is 7.37. The van der Waals surface area contributed by atoms with Crippen molar-refractivity contribution in [2.45, 2.75) is 56.7 Å². The molecule has 0 spiro atoms. The van der Waals surface area contributed by atoms with Gasteiger partial charge in [-0.15, -0.1) is 0 Å². The summed E-state index contributed by atoms with van der Waals surface area (Å²) in [6, 6.07) is 6.49. The number of hydrogen-bond donors (Lipinski definition) is 3. The van der Waals surface area contributed by atoms with Gasteiger partial charge in [0.05, 0.1) is 30.0 Å². The van der Waals surface area contributed by atoms with Crippen LogP contribution in [0.1, 0.15) is 38.5 Å². The molecule has 9 heteroatoms. The first-order chi connectivity index (χ1) is 16.6. The smallest absolute Gasteiger partial charge is 0.165 e. The van der Waals surface area contributed by atoms with E-state index in [-0.39, 0.29) is 11.6 Å². The van der Waals surface area contributed by atoms with E-state index in [2.05, 4.69) is 25.9 Å². The Labute approximate surface area is 205 Å². The summed E-state index contributed by atoms with van der Waals surface area (Å²) in [5, 5.41) is 10.9. The minimum absolute atomic E-state index is 0.258. The van der Waals surface area contributed by atoms with Crippen LogP contribution in [0, 0.1) is 11.7 Å². The van der Waals surface area contributed by atoms with Gasteiger partial charge < -0.3 is 25.4 Å². The van der Waals surface area contributed by atoms with Gasteiger partial charge in [-0.25, -0.2) is 14.4 Å².